The highest BCUT2D eigenvalue weighted by atomic mass is 16.5. The van der Waals surface area contributed by atoms with E-state index in [4.69, 9.17) is 9.47 Å². The molecule has 5 aliphatic carbocycles. The molecular weight excluding hydrogens is 560 g/mol. The summed E-state index contributed by atoms with van der Waals surface area (Å²) in [5.41, 5.74) is 4.48. The number of hydrogen-bond donors (Lipinski definition) is 2. The van der Waals surface area contributed by atoms with Crippen LogP contribution in [0.25, 0.3) is 6.08 Å². The number of carbonyl (C=O) groups excluding carboxylic acids is 1. The van der Waals surface area contributed by atoms with Gasteiger partial charge in [-0.05, 0) is 132 Å². The summed E-state index contributed by atoms with van der Waals surface area (Å²) in [4.78, 5) is 13.1. The second-order valence-corrected chi connectivity index (χ2v) is 17.3. The SMILES string of the molecule is COc1cc(C=CC(=O)O[C@H]2CC[C@]3(C)C4=CC[C@@]5(C)[C@@H]6C[C@](C)(CO)CC[C@]6(C)CC[C@]5(C)C4=CC[C@H]3C2(C)C)ccc1O. The van der Waals surface area contributed by atoms with E-state index in [2.05, 4.69) is 60.6 Å². The van der Waals surface area contributed by atoms with E-state index >= 15 is 0 Å². The van der Waals surface area contributed by atoms with E-state index in [1.165, 1.54) is 32.4 Å². The summed E-state index contributed by atoms with van der Waals surface area (Å²) >= 11 is 0. The van der Waals surface area contributed by atoms with Crippen LogP contribution in [0.5, 0.6) is 11.5 Å². The van der Waals surface area contributed by atoms with Crippen molar-refractivity contribution >= 4 is 12.0 Å². The Labute approximate surface area is 271 Å². The predicted octanol–water partition coefficient (Wildman–Crippen LogP) is 9.04. The molecule has 1 aromatic carbocycles. The minimum atomic E-state index is -0.330. The third-order valence-electron chi connectivity index (χ3n) is 14.5. The minimum Gasteiger partial charge on any atom is -0.504 e. The van der Waals surface area contributed by atoms with Crippen molar-refractivity contribution in [3.8, 4) is 11.5 Å². The summed E-state index contributed by atoms with van der Waals surface area (Å²) in [6.45, 7) is 17.4. The number of hydrogen-bond acceptors (Lipinski definition) is 5. The molecule has 0 amide bonds. The number of phenols is 1. The fraction of sp³-hybridized carbons (Fsp3) is 0.675. The van der Waals surface area contributed by atoms with Gasteiger partial charge in [-0.15, -0.1) is 0 Å². The van der Waals surface area contributed by atoms with Crippen molar-refractivity contribution in [2.75, 3.05) is 13.7 Å². The fourth-order valence-electron chi connectivity index (χ4n) is 11.1. The Bertz CT molecular complexity index is 1450. The van der Waals surface area contributed by atoms with Crippen LogP contribution >= 0.6 is 0 Å². The van der Waals surface area contributed by atoms with Crippen LogP contribution in [0.3, 0.4) is 0 Å². The van der Waals surface area contributed by atoms with Crippen LogP contribution < -0.4 is 4.74 Å². The van der Waals surface area contributed by atoms with Crippen molar-refractivity contribution in [2.45, 2.75) is 112 Å². The Morgan fingerprint density at radius 1 is 0.956 bits per heavy atom. The van der Waals surface area contributed by atoms with Gasteiger partial charge in [-0.1, -0.05) is 66.7 Å². The molecule has 0 radical (unpaired) electrons. The number of aliphatic hydroxyl groups is 1. The van der Waals surface area contributed by atoms with Crippen molar-refractivity contribution in [3.05, 3.63) is 53.1 Å². The molecule has 0 spiro atoms. The zero-order valence-corrected chi connectivity index (χ0v) is 29.0. The normalized spacial score (nSPS) is 41.9. The smallest absolute Gasteiger partial charge is 0.331 e. The Hall–Kier alpha value is -2.53. The van der Waals surface area contributed by atoms with Gasteiger partial charge in [-0.25, -0.2) is 4.79 Å². The van der Waals surface area contributed by atoms with E-state index in [0.29, 0.717) is 23.0 Å². The molecule has 2 N–H and O–H groups in total. The van der Waals surface area contributed by atoms with Gasteiger partial charge in [0.15, 0.2) is 11.5 Å². The van der Waals surface area contributed by atoms with Crippen molar-refractivity contribution in [3.63, 3.8) is 0 Å². The lowest BCUT2D eigenvalue weighted by Gasteiger charge is -2.69. The number of esters is 1. The summed E-state index contributed by atoms with van der Waals surface area (Å²) in [5, 5.41) is 20.3. The second-order valence-electron chi connectivity index (χ2n) is 17.3. The summed E-state index contributed by atoms with van der Waals surface area (Å²) in [5.74, 6) is 1.09. The number of carbonyl (C=O) groups is 1. The average molecular weight is 617 g/mol. The number of aromatic hydroxyl groups is 1. The van der Waals surface area contributed by atoms with Crippen LogP contribution in [0, 0.1) is 44.3 Å². The number of benzene rings is 1. The number of allylic oxidation sites excluding steroid dienone is 4. The first kappa shape index (κ1) is 32.4. The van der Waals surface area contributed by atoms with Gasteiger partial charge in [0.2, 0.25) is 0 Å². The highest BCUT2D eigenvalue weighted by Gasteiger charge is 2.66. The molecule has 0 bridgehead atoms. The van der Waals surface area contributed by atoms with Gasteiger partial charge in [0.1, 0.15) is 6.10 Å². The minimum absolute atomic E-state index is 0.0272. The van der Waals surface area contributed by atoms with Gasteiger partial charge in [-0.2, -0.15) is 0 Å². The Balaban J connectivity index is 1.24. The standard InChI is InChI=1S/C40H56O5/c1-35(2)31-13-11-28-27(15-18-40(7)32-24-36(3,25-41)19-20-37(32,4)21-22-39(28,40)6)38(31,5)17-16-33(35)45-34(43)14-10-26-9-12-29(42)30(23-26)44-8/h9-12,14-15,23,31-33,41-42H,13,16-22,24-25H2,1-8H3/t31-,32+,33-,36+,37+,38+,39+,40-/m0/s1. The van der Waals surface area contributed by atoms with Crippen LogP contribution in [-0.4, -0.2) is 36.0 Å². The molecule has 246 valence electrons. The van der Waals surface area contributed by atoms with E-state index in [1.807, 2.05) is 0 Å². The van der Waals surface area contributed by atoms with E-state index < -0.39 is 0 Å². The second kappa shape index (κ2) is 10.8. The van der Waals surface area contributed by atoms with Crippen molar-refractivity contribution in [2.24, 2.45) is 44.3 Å². The first-order valence-electron chi connectivity index (χ1n) is 17.3. The van der Waals surface area contributed by atoms with Crippen LogP contribution in [0.2, 0.25) is 0 Å². The lowest BCUT2D eigenvalue weighted by molar-refractivity contribution is -0.164. The molecule has 0 heterocycles. The lowest BCUT2D eigenvalue weighted by Crippen LogP contribution is -2.61. The van der Waals surface area contributed by atoms with Crippen LogP contribution in [-0.2, 0) is 9.53 Å². The number of aliphatic hydroxyl groups excluding tert-OH is 1. The monoisotopic (exact) mass is 616 g/mol. The van der Waals surface area contributed by atoms with Crippen molar-refractivity contribution < 1.29 is 24.5 Å². The zero-order valence-electron chi connectivity index (χ0n) is 29.0. The quantitative estimate of drug-likeness (QED) is 0.255. The Kier molecular flexibility index (Phi) is 7.75. The third-order valence-corrected chi connectivity index (χ3v) is 14.5. The van der Waals surface area contributed by atoms with Gasteiger partial charge in [0.05, 0.1) is 7.11 Å². The molecule has 0 aromatic heterocycles. The zero-order chi connectivity index (χ0) is 32.6. The van der Waals surface area contributed by atoms with Crippen LogP contribution in [0.15, 0.2) is 47.6 Å². The number of methoxy groups -OCH3 is 1. The van der Waals surface area contributed by atoms with Crippen LogP contribution in [0.1, 0.15) is 112 Å². The molecule has 3 fully saturated rings. The van der Waals surface area contributed by atoms with Gasteiger partial charge >= 0.3 is 5.97 Å². The maximum atomic E-state index is 13.1. The molecule has 0 saturated heterocycles. The average Bonchev–Trinajstić information content (AvgIpc) is 3.00. The van der Waals surface area contributed by atoms with Crippen molar-refractivity contribution in [1.29, 1.82) is 0 Å². The van der Waals surface area contributed by atoms with Crippen LogP contribution in [0.4, 0.5) is 0 Å². The fourth-order valence-corrected chi connectivity index (χ4v) is 11.1. The Morgan fingerprint density at radius 2 is 1.69 bits per heavy atom. The first-order valence-corrected chi connectivity index (χ1v) is 17.3. The maximum absolute atomic E-state index is 13.1. The molecular formula is C40H56O5. The highest BCUT2D eigenvalue weighted by molar-refractivity contribution is 5.87. The van der Waals surface area contributed by atoms with E-state index in [1.54, 1.807) is 35.4 Å². The Morgan fingerprint density at radius 3 is 2.40 bits per heavy atom. The molecule has 5 aliphatic rings. The molecule has 1 aromatic rings. The lowest BCUT2D eigenvalue weighted by atomic mass is 9.36. The third kappa shape index (κ3) is 4.85. The summed E-state index contributed by atoms with van der Waals surface area (Å²) in [6.07, 6.45) is 18.2. The van der Waals surface area contributed by atoms with E-state index in [-0.39, 0.29) is 51.5 Å². The van der Waals surface area contributed by atoms with Gasteiger partial charge in [-0.3, -0.25) is 0 Å². The number of fused-ring (bicyclic) bond motifs is 7. The number of rotatable bonds is 5. The predicted molar refractivity (Wildman–Crippen MR) is 180 cm³/mol. The largest absolute Gasteiger partial charge is 0.504 e. The summed E-state index contributed by atoms with van der Waals surface area (Å²) < 4.78 is 11.4. The molecule has 3 saturated carbocycles. The maximum Gasteiger partial charge on any atom is 0.331 e. The van der Waals surface area contributed by atoms with Gasteiger partial charge < -0.3 is 19.7 Å². The summed E-state index contributed by atoms with van der Waals surface area (Å²) in [6, 6.07) is 5.02. The highest BCUT2D eigenvalue weighted by Crippen LogP contribution is 2.74. The molecule has 0 unspecified atom stereocenters. The van der Waals surface area contributed by atoms with E-state index in [0.717, 1.165) is 44.1 Å². The molecule has 5 heteroatoms. The molecule has 8 atom stereocenters. The molecule has 45 heavy (non-hydrogen) atoms. The van der Waals surface area contributed by atoms with Gasteiger partial charge in [0, 0.05) is 18.1 Å². The number of phenolic OH excluding ortho intramolecular Hbond substituents is 1. The van der Waals surface area contributed by atoms with Gasteiger partial charge in [0.25, 0.3) is 0 Å². The number of ether oxygens (including phenoxy) is 2. The first-order chi connectivity index (χ1) is 21.1. The molecule has 6 rings (SSSR count). The topological polar surface area (TPSA) is 76.0 Å². The van der Waals surface area contributed by atoms with E-state index in [9.17, 15) is 15.0 Å². The molecule has 0 aliphatic heterocycles. The molecule has 5 nitrogen and oxygen atoms in total. The van der Waals surface area contributed by atoms with Crippen molar-refractivity contribution in [1.82, 2.24) is 0 Å². The summed E-state index contributed by atoms with van der Waals surface area (Å²) in [7, 11) is 1.51.